The first-order valence-corrected chi connectivity index (χ1v) is 7.48. The maximum atomic E-state index is 12.6. The molecule has 0 atom stereocenters. The van der Waals surface area contributed by atoms with Gasteiger partial charge in [0, 0.05) is 17.6 Å². The van der Waals surface area contributed by atoms with Crippen molar-refractivity contribution in [2.75, 3.05) is 5.32 Å². The fourth-order valence-electron chi connectivity index (χ4n) is 2.84. The van der Waals surface area contributed by atoms with E-state index in [1.165, 1.54) is 0 Å². The standard InChI is InChI=1S/C17H15N5O/c1-10-4-6-12(9-19-10)20-17(23)16-14-13(21-22-16)7-5-11-3-2-8-18-15(11)14/h2-4,6,8-9H,5,7H2,1H3,(H,20,23)(H,21,22). The number of hydrogen-bond acceptors (Lipinski definition) is 4. The molecule has 1 aliphatic carbocycles. The molecule has 0 bridgehead atoms. The van der Waals surface area contributed by atoms with Crippen molar-refractivity contribution in [2.24, 2.45) is 0 Å². The van der Waals surface area contributed by atoms with E-state index in [4.69, 9.17) is 0 Å². The van der Waals surface area contributed by atoms with Crippen molar-refractivity contribution >= 4 is 11.6 Å². The highest BCUT2D eigenvalue weighted by Crippen LogP contribution is 2.33. The van der Waals surface area contributed by atoms with Gasteiger partial charge in [-0.1, -0.05) is 6.07 Å². The first kappa shape index (κ1) is 13.6. The quantitative estimate of drug-likeness (QED) is 0.762. The molecule has 4 rings (SSSR count). The largest absolute Gasteiger partial charge is 0.319 e. The Hall–Kier alpha value is -3.02. The van der Waals surface area contributed by atoms with Crippen molar-refractivity contribution < 1.29 is 4.79 Å². The fraction of sp³-hybridized carbons (Fsp3) is 0.176. The number of aryl methyl sites for hydroxylation is 3. The molecular weight excluding hydrogens is 290 g/mol. The SMILES string of the molecule is Cc1ccc(NC(=O)c2n[nH]c3c2-c2ncccc2CC3)cn1. The van der Waals surface area contributed by atoms with Gasteiger partial charge < -0.3 is 5.32 Å². The zero-order valence-electron chi connectivity index (χ0n) is 12.6. The molecule has 1 aliphatic rings. The highest BCUT2D eigenvalue weighted by atomic mass is 16.1. The molecule has 0 saturated carbocycles. The van der Waals surface area contributed by atoms with Crippen LogP contribution in [0.25, 0.3) is 11.3 Å². The van der Waals surface area contributed by atoms with Crippen molar-refractivity contribution in [1.29, 1.82) is 0 Å². The summed E-state index contributed by atoms with van der Waals surface area (Å²) in [5.41, 5.74) is 5.68. The molecule has 0 unspecified atom stereocenters. The van der Waals surface area contributed by atoms with Crippen LogP contribution < -0.4 is 5.32 Å². The molecular formula is C17H15N5O. The van der Waals surface area contributed by atoms with E-state index < -0.39 is 0 Å². The highest BCUT2D eigenvalue weighted by Gasteiger charge is 2.26. The molecule has 0 spiro atoms. The summed E-state index contributed by atoms with van der Waals surface area (Å²) in [4.78, 5) is 21.2. The number of amides is 1. The lowest BCUT2D eigenvalue weighted by atomic mass is 9.92. The van der Waals surface area contributed by atoms with E-state index in [9.17, 15) is 4.79 Å². The number of rotatable bonds is 2. The summed E-state index contributed by atoms with van der Waals surface area (Å²) < 4.78 is 0. The van der Waals surface area contributed by atoms with E-state index in [-0.39, 0.29) is 5.91 Å². The van der Waals surface area contributed by atoms with Crippen molar-refractivity contribution in [3.05, 3.63) is 59.3 Å². The zero-order valence-corrected chi connectivity index (χ0v) is 12.6. The number of aromatic amines is 1. The minimum Gasteiger partial charge on any atom is -0.319 e. The van der Waals surface area contributed by atoms with Crippen LogP contribution in [0.3, 0.4) is 0 Å². The monoisotopic (exact) mass is 305 g/mol. The van der Waals surface area contributed by atoms with Crippen LogP contribution in [0.5, 0.6) is 0 Å². The number of nitrogens with zero attached hydrogens (tertiary/aromatic N) is 3. The molecule has 3 aromatic heterocycles. The molecule has 114 valence electrons. The van der Waals surface area contributed by atoms with Gasteiger partial charge in [-0.3, -0.25) is 19.9 Å². The maximum absolute atomic E-state index is 12.6. The number of carbonyl (C=O) groups excluding carboxylic acids is 1. The smallest absolute Gasteiger partial charge is 0.276 e. The van der Waals surface area contributed by atoms with Crippen LogP contribution in [0.1, 0.15) is 27.4 Å². The summed E-state index contributed by atoms with van der Waals surface area (Å²) in [6.07, 6.45) is 5.12. The second kappa shape index (κ2) is 5.31. The van der Waals surface area contributed by atoms with Gasteiger partial charge in [0.1, 0.15) is 0 Å². The molecule has 2 N–H and O–H groups in total. The van der Waals surface area contributed by atoms with E-state index >= 15 is 0 Å². The van der Waals surface area contributed by atoms with E-state index in [0.717, 1.165) is 41.1 Å². The molecule has 3 aromatic rings. The Balaban J connectivity index is 1.70. The Morgan fingerprint density at radius 3 is 2.96 bits per heavy atom. The molecule has 6 nitrogen and oxygen atoms in total. The van der Waals surface area contributed by atoms with Gasteiger partial charge in [0.25, 0.3) is 5.91 Å². The number of hydrogen-bond donors (Lipinski definition) is 2. The number of nitrogens with one attached hydrogen (secondary N) is 2. The van der Waals surface area contributed by atoms with Crippen LogP contribution in [-0.2, 0) is 12.8 Å². The maximum Gasteiger partial charge on any atom is 0.276 e. The van der Waals surface area contributed by atoms with Crippen LogP contribution >= 0.6 is 0 Å². The van der Waals surface area contributed by atoms with Gasteiger partial charge in [-0.25, -0.2) is 0 Å². The number of anilines is 1. The Kier molecular flexibility index (Phi) is 3.15. The average Bonchev–Trinajstić information content (AvgIpc) is 3.01. The lowest BCUT2D eigenvalue weighted by molar-refractivity contribution is 0.102. The topological polar surface area (TPSA) is 83.6 Å². The molecule has 1 amide bonds. The summed E-state index contributed by atoms with van der Waals surface area (Å²) in [6.45, 7) is 1.90. The summed E-state index contributed by atoms with van der Waals surface area (Å²) in [7, 11) is 0. The Labute approximate surface area is 133 Å². The summed E-state index contributed by atoms with van der Waals surface area (Å²) in [6, 6.07) is 7.64. The van der Waals surface area contributed by atoms with Gasteiger partial charge in [-0.15, -0.1) is 0 Å². The predicted octanol–water partition coefficient (Wildman–Crippen LogP) is 2.53. The lowest BCUT2D eigenvalue weighted by Crippen LogP contribution is -2.15. The molecule has 3 heterocycles. The minimum absolute atomic E-state index is 0.258. The Bertz CT molecular complexity index is 882. The van der Waals surface area contributed by atoms with Crippen LogP contribution in [0.2, 0.25) is 0 Å². The van der Waals surface area contributed by atoms with Gasteiger partial charge in [-0.05, 0) is 43.5 Å². The van der Waals surface area contributed by atoms with Crippen LogP contribution in [-0.4, -0.2) is 26.1 Å². The van der Waals surface area contributed by atoms with Crippen molar-refractivity contribution in [3.63, 3.8) is 0 Å². The van der Waals surface area contributed by atoms with E-state index in [1.54, 1.807) is 12.4 Å². The van der Waals surface area contributed by atoms with Crippen molar-refractivity contribution in [2.45, 2.75) is 19.8 Å². The molecule has 0 fully saturated rings. The second-order valence-corrected chi connectivity index (χ2v) is 5.58. The van der Waals surface area contributed by atoms with Gasteiger partial charge in [-0.2, -0.15) is 5.10 Å². The third-order valence-electron chi connectivity index (χ3n) is 4.00. The van der Waals surface area contributed by atoms with E-state index in [1.807, 2.05) is 31.2 Å². The molecule has 0 radical (unpaired) electrons. The lowest BCUT2D eigenvalue weighted by Gasteiger charge is -2.15. The number of H-pyrrole nitrogens is 1. The van der Waals surface area contributed by atoms with E-state index in [2.05, 4.69) is 25.5 Å². The fourth-order valence-corrected chi connectivity index (χ4v) is 2.84. The summed E-state index contributed by atoms with van der Waals surface area (Å²) in [5.74, 6) is -0.258. The van der Waals surface area contributed by atoms with Crippen LogP contribution in [0.4, 0.5) is 5.69 Å². The summed E-state index contributed by atoms with van der Waals surface area (Å²) >= 11 is 0. The molecule has 23 heavy (non-hydrogen) atoms. The number of fused-ring (bicyclic) bond motifs is 3. The Morgan fingerprint density at radius 2 is 2.13 bits per heavy atom. The minimum atomic E-state index is -0.258. The average molecular weight is 305 g/mol. The van der Waals surface area contributed by atoms with Crippen LogP contribution in [0.15, 0.2) is 36.7 Å². The second-order valence-electron chi connectivity index (χ2n) is 5.58. The van der Waals surface area contributed by atoms with Crippen molar-refractivity contribution in [3.8, 4) is 11.3 Å². The molecule has 0 aliphatic heterocycles. The number of carbonyl (C=O) groups is 1. The third-order valence-corrected chi connectivity index (χ3v) is 4.00. The summed E-state index contributed by atoms with van der Waals surface area (Å²) in [5, 5.41) is 10.0. The van der Waals surface area contributed by atoms with Gasteiger partial charge in [0.2, 0.25) is 0 Å². The third kappa shape index (κ3) is 2.38. The normalized spacial score (nSPS) is 12.4. The highest BCUT2D eigenvalue weighted by molar-refractivity contribution is 6.07. The zero-order chi connectivity index (χ0) is 15.8. The Morgan fingerprint density at radius 1 is 1.22 bits per heavy atom. The number of pyridine rings is 2. The van der Waals surface area contributed by atoms with Crippen molar-refractivity contribution in [1.82, 2.24) is 20.2 Å². The van der Waals surface area contributed by atoms with Gasteiger partial charge in [0.05, 0.1) is 23.1 Å². The molecule has 0 saturated heterocycles. The predicted molar refractivity (Wildman–Crippen MR) is 86.2 cm³/mol. The number of aromatic nitrogens is 4. The van der Waals surface area contributed by atoms with E-state index in [0.29, 0.717) is 11.4 Å². The van der Waals surface area contributed by atoms with Crippen LogP contribution in [0, 0.1) is 6.92 Å². The molecule has 6 heteroatoms. The first-order valence-electron chi connectivity index (χ1n) is 7.48. The first-order chi connectivity index (χ1) is 11.2. The van der Waals surface area contributed by atoms with Gasteiger partial charge in [0.15, 0.2) is 5.69 Å². The molecule has 0 aromatic carbocycles. The van der Waals surface area contributed by atoms with Gasteiger partial charge >= 0.3 is 0 Å².